The maximum atomic E-state index is 11.0. The van der Waals surface area contributed by atoms with Gasteiger partial charge in [-0.3, -0.25) is 4.79 Å². The summed E-state index contributed by atoms with van der Waals surface area (Å²) in [5, 5.41) is 20.5. The zero-order valence-corrected chi connectivity index (χ0v) is 8.69. The lowest BCUT2D eigenvalue weighted by atomic mass is 10.2. The van der Waals surface area contributed by atoms with Crippen LogP contribution in [0, 0.1) is 0 Å². The monoisotopic (exact) mass is 205 g/mol. The van der Waals surface area contributed by atoms with Crippen LogP contribution >= 0.6 is 0 Å². The molecular formula is C9H19NO4. The van der Waals surface area contributed by atoms with E-state index in [2.05, 4.69) is 5.32 Å². The highest BCUT2D eigenvalue weighted by Crippen LogP contribution is 1.94. The highest BCUT2D eigenvalue weighted by molar-refractivity contribution is 5.69. The van der Waals surface area contributed by atoms with Crippen molar-refractivity contribution in [2.45, 2.75) is 32.4 Å². The third-order valence-electron chi connectivity index (χ3n) is 1.69. The molecule has 0 amide bonds. The predicted molar refractivity (Wildman–Crippen MR) is 51.8 cm³/mol. The van der Waals surface area contributed by atoms with Crippen LogP contribution < -0.4 is 5.32 Å². The molecule has 2 atom stereocenters. The minimum Gasteiger partial charge on any atom is -0.466 e. The third-order valence-corrected chi connectivity index (χ3v) is 1.69. The summed E-state index contributed by atoms with van der Waals surface area (Å²) in [6.45, 7) is 3.95. The Morgan fingerprint density at radius 1 is 1.57 bits per heavy atom. The molecule has 0 aromatic rings. The van der Waals surface area contributed by atoms with E-state index in [4.69, 9.17) is 14.9 Å². The van der Waals surface area contributed by atoms with Crippen LogP contribution in [0.1, 0.15) is 20.3 Å². The Morgan fingerprint density at radius 3 is 2.71 bits per heavy atom. The summed E-state index contributed by atoms with van der Waals surface area (Å²) in [6.07, 6.45) is -0.508. The first-order chi connectivity index (χ1) is 6.60. The van der Waals surface area contributed by atoms with Crippen molar-refractivity contribution in [3.05, 3.63) is 0 Å². The van der Waals surface area contributed by atoms with E-state index in [1.165, 1.54) is 0 Å². The lowest BCUT2D eigenvalue weighted by Crippen LogP contribution is -2.36. The van der Waals surface area contributed by atoms with Gasteiger partial charge in [0, 0.05) is 12.6 Å². The molecule has 0 spiro atoms. The van der Waals surface area contributed by atoms with Crippen molar-refractivity contribution in [2.75, 3.05) is 19.8 Å². The number of rotatable bonds is 7. The van der Waals surface area contributed by atoms with E-state index < -0.39 is 6.10 Å². The van der Waals surface area contributed by atoms with Gasteiger partial charge in [-0.05, 0) is 13.8 Å². The Morgan fingerprint density at radius 2 is 2.21 bits per heavy atom. The summed E-state index contributed by atoms with van der Waals surface area (Å²) in [7, 11) is 0. The fraction of sp³-hybridized carbons (Fsp3) is 0.889. The predicted octanol–water partition coefficient (Wildman–Crippen LogP) is -0.729. The minimum absolute atomic E-state index is 0.0600. The Labute approximate surface area is 84.1 Å². The van der Waals surface area contributed by atoms with E-state index in [9.17, 15) is 4.79 Å². The van der Waals surface area contributed by atoms with Gasteiger partial charge in [-0.1, -0.05) is 0 Å². The molecule has 0 saturated carbocycles. The Bertz CT molecular complexity index is 163. The molecule has 0 heterocycles. The van der Waals surface area contributed by atoms with Gasteiger partial charge in [0.2, 0.25) is 0 Å². The van der Waals surface area contributed by atoms with Gasteiger partial charge in [0.1, 0.15) is 0 Å². The quantitative estimate of drug-likeness (QED) is 0.478. The molecule has 3 N–H and O–H groups in total. The van der Waals surface area contributed by atoms with Gasteiger partial charge in [-0.25, -0.2) is 0 Å². The number of hydrogen-bond donors (Lipinski definition) is 3. The molecule has 5 nitrogen and oxygen atoms in total. The van der Waals surface area contributed by atoms with Gasteiger partial charge in [-0.2, -0.15) is 0 Å². The van der Waals surface area contributed by atoms with Crippen molar-refractivity contribution >= 4 is 5.97 Å². The van der Waals surface area contributed by atoms with Crippen molar-refractivity contribution in [2.24, 2.45) is 0 Å². The number of carbonyl (C=O) groups excluding carboxylic acids is 1. The van der Waals surface area contributed by atoms with E-state index in [-0.39, 0.29) is 31.6 Å². The van der Waals surface area contributed by atoms with E-state index in [0.717, 1.165) is 0 Å². The van der Waals surface area contributed by atoms with E-state index in [1.54, 1.807) is 6.92 Å². The summed E-state index contributed by atoms with van der Waals surface area (Å²) in [6, 6.07) is -0.0600. The molecule has 0 saturated heterocycles. The SMILES string of the molecule is CCOC(=O)CC(C)NCC(O)CO. The lowest BCUT2D eigenvalue weighted by molar-refractivity contribution is -0.143. The van der Waals surface area contributed by atoms with Crippen LogP contribution in [0.3, 0.4) is 0 Å². The van der Waals surface area contributed by atoms with Crippen molar-refractivity contribution in [3.63, 3.8) is 0 Å². The summed E-state index contributed by atoms with van der Waals surface area (Å²) in [5.41, 5.74) is 0. The summed E-state index contributed by atoms with van der Waals surface area (Å²) >= 11 is 0. The number of esters is 1. The molecule has 0 aromatic carbocycles. The normalized spacial score (nSPS) is 14.9. The molecule has 14 heavy (non-hydrogen) atoms. The van der Waals surface area contributed by atoms with Gasteiger partial charge in [0.15, 0.2) is 0 Å². The van der Waals surface area contributed by atoms with Crippen LogP contribution in [0.25, 0.3) is 0 Å². The molecule has 0 bridgehead atoms. The van der Waals surface area contributed by atoms with Crippen molar-refractivity contribution < 1.29 is 19.7 Å². The second kappa shape index (κ2) is 7.73. The molecule has 84 valence electrons. The highest BCUT2D eigenvalue weighted by atomic mass is 16.5. The van der Waals surface area contributed by atoms with Crippen LogP contribution in [0.5, 0.6) is 0 Å². The largest absolute Gasteiger partial charge is 0.466 e. The number of ether oxygens (including phenoxy) is 1. The fourth-order valence-electron chi connectivity index (χ4n) is 0.944. The second-order valence-electron chi connectivity index (χ2n) is 3.15. The number of nitrogens with one attached hydrogen (secondary N) is 1. The molecule has 0 aliphatic rings. The Balaban J connectivity index is 3.54. The van der Waals surface area contributed by atoms with E-state index in [1.807, 2.05) is 6.92 Å². The Hall–Kier alpha value is -0.650. The third kappa shape index (κ3) is 6.82. The summed E-state index contributed by atoms with van der Waals surface area (Å²) < 4.78 is 4.75. The molecule has 2 unspecified atom stereocenters. The maximum absolute atomic E-state index is 11.0. The topological polar surface area (TPSA) is 78.8 Å². The lowest BCUT2D eigenvalue weighted by Gasteiger charge is -2.14. The molecule has 0 aliphatic carbocycles. The zero-order valence-electron chi connectivity index (χ0n) is 8.69. The van der Waals surface area contributed by atoms with Crippen molar-refractivity contribution in [1.82, 2.24) is 5.32 Å². The van der Waals surface area contributed by atoms with Crippen LogP contribution in [0.4, 0.5) is 0 Å². The zero-order chi connectivity index (χ0) is 11.0. The van der Waals surface area contributed by atoms with Crippen LogP contribution in [0.15, 0.2) is 0 Å². The van der Waals surface area contributed by atoms with Gasteiger partial charge >= 0.3 is 5.97 Å². The average Bonchev–Trinajstić information content (AvgIpc) is 2.14. The van der Waals surface area contributed by atoms with Gasteiger partial charge in [0.05, 0.1) is 25.7 Å². The van der Waals surface area contributed by atoms with Gasteiger partial charge < -0.3 is 20.3 Å². The van der Waals surface area contributed by atoms with Crippen LogP contribution in [-0.2, 0) is 9.53 Å². The molecule has 0 radical (unpaired) electrons. The molecule has 0 aromatic heterocycles. The fourth-order valence-corrected chi connectivity index (χ4v) is 0.944. The standard InChI is InChI=1S/C9H19NO4/c1-3-14-9(13)4-7(2)10-5-8(12)6-11/h7-8,10-12H,3-6H2,1-2H3. The number of aliphatic hydroxyl groups is 2. The van der Waals surface area contributed by atoms with Crippen molar-refractivity contribution in [1.29, 1.82) is 0 Å². The molecule has 0 fully saturated rings. The number of hydrogen-bond acceptors (Lipinski definition) is 5. The Kier molecular flexibility index (Phi) is 7.37. The number of aliphatic hydroxyl groups excluding tert-OH is 2. The first-order valence-corrected chi connectivity index (χ1v) is 4.78. The van der Waals surface area contributed by atoms with Gasteiger partial charge in [0.25, 0.3) is 0 Å². The molecule has 0 aliphatic heterocycles. The van der Waals surface area contributed by atoms with E-state index in [0.29, 0.717) is 6.61 Å². The van der Waals surface area contributed by atoms with Crippen LogP contribution in [0.2, 0.25) is 0 Å². The first kappa shape index (κ1) is 13.4. The number of carbonyl (C=O) groups is 1. The van der Waals surface area contributed by atoms with E-state index >= 15 is 0 Å². The highest BCUT2D eigenvalue weighted by Gasteiger charge is 2.10. The van der Waals surface area contributed by atoms with Crippen LogP contribution in [-0.4, -0.2) is 48.1 Å². The molecular weight excluding hydrogens is 186 g/mol. The minimum atomic E-state index is -0.778. The summed E-state index contributed by atoms with van der Waals surface area (Å²) in [5.74, 6) is -0.258. The second-order valence-corrected chi connectivity index (χ2v) is 3.15. The van der Waals surface area contributed by atoms with Gasteiger partial charge in [-0.15, -0.1) is 0 Å². The summed E-state index contributed by atoms with van der Waals surface area (Å²) in [4.78, 5) is 11.0. The average molecular weight is 205 g/mol. The molecule has 0 rings (SSSR count). The smallest absolute Gasteiger partial charge is 0.307 e. The molecule has 5 heteroatoms. The maximum Gasteiger partial charge on any atom is 0.307 e. The van der Waals surface area contributed by atoms with Crippen molar-refractivity contribution in [3.8, 4) is 0 Å². The first-order valence-electron chi connectivity index (χ1n) is 4.78.